The smallest absolute Gasteiger partial charge is 0.187 e. The molecule has 0 saturated heterocycles. The van der Waals surface area contributed by atoms with Crippen molar-refractivity contribution in [3.63, 3.8) is 0 Å². The van der Waals surface area contributed by atoms with Crippen LogP contribution in [0.25, 0.3) is 22.3 Å². The number of hydrogen-bond acceptors (Lipinski definition) is 3. The molecule has 5 heteroatoms. The molecule has 2 aliphatic rings. The molecule has 0 bridgehead atoms. The molecule has 4 aromatic carbocycles. The number of Topliss-reactive ketones (excluding diaryl/α,β-unsaturated/α-hetero) is 1. The van der Waals surface area contributed by atoms with Crippen molar-refractivity contribution < 1.29 is 4.79 Å². The van der Waals surface area contributed by atoms with Crippen LogP contribution in [0.15, 0.2) is 110 Å². The number of aryl methyl sites for hydroxylation is 2. The molecule has 2 aliphatic carbocycles. The fourth-order valence-corrected chi connectivity index (χ4v) is 7.02. The molecule has 0 fully saturated rings. The molecule has 0 N–H and O–H groups in total. The summed E-state index contributed by atoms with van der Waals surface area (Å²) in [6.07, 6.45) is 12.5. The molecule has 6 aromatic rings. The monoisotopic (exact) mass is 546 g/mol. The number of aromatic nitrogens is 4. The maximum absolute atomic E-state index is 14.9. The molecule has 2 unspecified atom stereocenters. The van der Waals surface area contributed by atoms with E-state index in [2.05, 4.69) is 96.6 Å². The Kier molecular flexibility index (Phi) is 5.61. The highest BCUT2D eigenvalue weighted by atomic mass is 16.1. The fourth-order valence-electron chi connectivity index (χ4n) is 7.02. The van der Waals surface area contributed by atoms with E-state index in [0.717, 1.165) is 24.0 Å². The van der Waals surface area contributed by atoms with Crippen molar-refractivity contribution in [2.75, 3.05) is 0 Å². The highest BCUT2D eigenvalue weighted by molar-refractivity contribution is 5.92. The number of fused-ring (bicyclic) bond motifs is 6. The average molecular weight is 547 g/mol. The van der Waals surface area contributed by atoms with Gasteiger partial charge in [0.25, 0.3) is 0 Å². The summed E-state index contributed by atoms with van der Waals surface area (Å²) in [5, 5.41) is 0. The normalized spacial score (nSPS) is 14.1. The third-order valence-corrected chi connectivity index (χ3v) is 8.94. The molecule has 5 nitrogen and oxygen atoms in total. The molecule has 0 aliphatic heterocycles. The fraction of sp³-hybridized carbons (Fsp3) is 0.162. The van der Waals surface area contributed by atoms with Gasteiger partial charge in [-0.1, -0.05) is 83.9 Å². The summed E-state index contributed by atoms with van der Waals surface area (Å²) in [6, 6.07) is 25.3. The molecule has 8 rings (SSSR count). The van der Waals surface area contributed by atoms with E-state index >= 15 is 0 Å². The maximum atomic E-state index is 14.9. The Balaban J connectivity index is 1.22. The molecule has 42 heavy (non-hydrogen) atoms. The van der Waals surface area contributed by atoms with Crippen molar-refractivity contribution in [3.8, 4) is 22.3 Å². The SMILES string of the molecule is Cc1ccc2c(c1)Cc1cc(C(C(=O)C(c3ccc4c(c3)Cc3cc(C)ccc3-4)n3ccnc3)n3ccnc3)ccc1-2. The van der Waals surface area contributed by atoms with Gasteiger partial charge in [-0.2, -0.15) is 0 Å². The number of benzene rings is 4. The lowest BCUT2D eigenvalue weighted by Gasteiger charge is -2.26. The number of carbonyl (C=O) groups excluding carboxylic acids is 1. The van der Waals surface area contributed by atoms with Gasteiger partial charge in [0.2, 0.25) is 0 Å². The van der Waals surface area contributed by atoms with E-state index in [1.807, 2.05) is 21.5 Å². The van der Waals surface area contributed by atoms with E-state index in [1.54, 1.807) is 25.0 Å². The van der Waals surface area contributed by atoms with E-state index in [4.69, 9.17) is 0 Å². The predicted octanol–water partition coefficient (Wildman–Crippen LogP) is 7.29. The van der Waals surface area contributed by atoms with Gasteiger partial charge in [-0.15, -0.1) is 0 Å². The summed E-state index contributed by atoms with van der Waals surface area (Å²) in [5.74, 6) is 0.0728. The van der Waals surface area contributed by atoms with Crippen LogP contribution in [-0.2, 0) is 17.6 Å². The first kappa shape index (κ1) is 24.7. The van der Waals surface area contributed by atoms with Gasteiger partial charge in [-0.3, -0.25) is 4.79 Å². The number of ketones is 1. The molecule has 0 spiro atoms. The summed E-state index contributed by atoms with van der Waals surface area (Å²) in [4.78, 5) is 23.5. The second-order valence-electron chi connectivity index (χ2n) is 11.7. The van der Waals surface area contributed by atoms with Crippen molar-refractivity contribution in [1.82, 2.24) is 19.1 Å². The van der Waals surface area contributed by atoms with Gasteiger partial charge in [0.15, 0.2) is 5.78 Å². The lowest BCUT2D eigenvalue weighted by atomic mass is 9.90. The Labute approximate surface area is 245 Å². The summed E-state index contributed by atoms with van der Waals surface area (Å²) in [7, 11) is 0. The van der Waals surface area contributed by atoms with Crippen LogP contribution in [0.4, 0.5) is 0 Å². The first-order valence-electron chi connectivity index (χ1n) is 14.5. The molecular weight excluding hydrogens is 516 g/mol. The van der Waals surface area contributed by atoms with Gasteiger partial charge in [-0.05, 0) is 82.3 Å². The van der Waals surface area contributed by atoms with Crippen molar-refractivity contribution in [2.24, 2.45) is 0 Å². The van der Waals surface area contributed by atoms with Crippen LogP contribution >= 0.6 is 0 Å². The van der Waals surface area contributed by atoms with Crippen molar-refractivity contribution >= 4 is 5.78 Å². The lowest BCUT2D eigenvalue weighted by Crippen LogP contribution is -2.29. The minimum atomic E-state index is -0.538. The third kappa shape index (κ3) is 3.96. The molecule has 2 atom stereocenters. The van der Waals surface area contributed by atoms with Crippen LogP contribution in [0.1, 0.15) is 56.6 Å². The van der Waals surface area contributed by atoms with Crippen molar-refractivity contribution in [2.45, 2.75) is 38.8 Å². The number of hydrogen-bond donors (Lipinski definition) is 0. The molecule has 2 heterocycles. The van der Waals surface area contributed by atoms with E-state index in [1.165, 1.54) is 55.6 Å². The Morgan fingerprint density at radius 3 is 1.40 bits per heavy atom. The quantitative estimate of drug-likeness (QED) is 0.220. The zero-order chi connectivity index (χ0) is 28.4. The maximum Gasteiger partial charge on any atom is 0.187 e. The van der Waals surface area contributed by atoms with Gasteiger partial charge < -0.3 is 9.13 Å². The summed E-state index contributed by atoms with van der Waals surface area (Å²) >= 11 is 0. The second-order valence-corrected chi connectivity index (χ2v) is 11.7. The Morgan fingerprint density at radius 2 is 1.00 bits per heavy atom. The minimum absolute atomic E-state index is 0.0728. The number of imidazole rings is 2. The minimum Gasteiger partial charge on any atom is -0.323 e. The van der Waals surface area contributed by atoms with Crippen LogP contribution in [0, 0.1) is 13.8 Å². The molecule has 204 valence electrons. The van der Waals surface area contributed by atoms with Crippen molar-refractivity contribution in [1.29, 1.82) is 0 Å². The van der Waals surface area contributed by atoms with E-state index in [9.17, 15) is 4.79 Å². The first-order valence-corrected chi connectivity index (χ1v) is 14.5. The topological polar surface area (TPSA) is 52.7 Å². The van der Waals surface area contributed by atoms with Gasteiger partial charge in [0, 0.05) is 24.8 Å². The second kappa shape index (κ2) is 9.52. The van der Waals surface area contributed by atoms with E-state index in [-0.39, 0.29) is 5.78 Å². The zero-order valence-corrected chi connectivity index (χ0v) is 23.7. The molecular formula is C37H30N4O. The number of nitrogens with zero attached hydrogens (tertiary/aromatic N) is 4. The highest BCUT2D eigenvalue weighted by Crippen LogP contribution is 2.41. The summed E-state index contributed by atoms with van der Waals surface area (Å²) in [5.41, 5.74) is 14.8. The van der Waals surface area contributed by atoms with Crippen LogP contribution in [0.5, 0.6) is 0 Å². The Hall–Kier alpha value is -5.03. The van der Waals surface area contributed by atoms with E-state index < -0.39 is 12.1 Å². The van der Waals surface area contributed by atoms with Gasteiger partial charge in [0.05, 0.1) is 12.7 Å². The predicted molar refractivity (Wildman–Crippen MR) is 165 cm³/mol. The first-order chi connectivity index (χ1) is 20.5. The molecule has 2 aromatic heterocycles. The summed E-state index contributed by atoms with van der Waals surface area (Å²) in [6.45, 7) is 4.27. The Morgan fingerprint density at radius 1 is 0.595 bits per heavy atom. The van der Waals surface area contributed by atoms with Gasteiger partial charge in [-0.25, -0.2) is 9.97 Å². The highest BCUT2D eigenvalue weighted by Gasteiger charge is 2.34. The van der Waals surface area contributed by atoms with Crippen molar-refractivity contribution in [3.05, 3.63) is 155 Å². The van der Waals surface area contributed by atoms with Crippen LogP contribution in [0.3, 0.4) is 0 Å². The molecule has 0 radical (unpaired) electrons. The molecule has 0 saturated carbocycles. The van der Waals surface area contributed by atoms with Gasteiger partial charge >= 0.3 is 0 Å². The van der Waals surface area contributed by atoms with Crippen LogP contribution in [-0.4, -0.2) is 24.9 Å². The van der Waals surface area contributed by atoms with Crippen LogP contribution in [0.2, 0.25) is 0 Å². The van der Waals surface area contributed by atoms with E-state index in [0.29, 0.717) is 0 Å². The Bertz CT molecular complexity index is 1840. The van der Waals surface area contributed by atoms with Gasteiger partial charge in [0.1, 0.15) is 12.1 Å². The zero-order valence-electron chi connectivity index (χ0n) is 23.7. The average Bonchev–Trinajstić information content (AvgIpc) is 3.79. The molecule has 0 amide bonds. The largest absolute Gasteiger partial charge is 0.323 e. The summed E-state index contributed by atoms with van der Waals surface area (Å²) < 4.78 is 3.87. The number of rotatable bonds is 6. The standard InChI is InChI=1S/C37H30N4O/c1-23-3-7-31-27(15-23)19-29-17-25(5-9-33(29)31)35(40-13-11-38-21-40)37(42)36(41-14-12-39-22-41)26-6-10-34-30(18-26)20-28-16-24(2)4-8-32(28)34/h3-18,21-22,35-36H,19-20H2,1-2H3. The number of carbonyl (C=O) groups is 1. The third-order valence-electron chi connectivity index (χ3n) is 8.94. The van der Waals surface area contributed by atoms with Crippen LogP contribution < -0.4 is 0 Å². The lowest BCUT2D eigenvalue weighted by molar-refractivity contribution is -0.123.